The van der Waals surface area contributed by atoms with E-state index in [0.717, 1.165) is 30.6 Å². The molecule has 2 heterocycles. The molecule has 0 N–H and O–H groups in total. The number of ether oxygens (including phenoxy) is 2. The van der Waals surface area contributed by atoms with Crippen LogP contribution in [0.15, 0.2) is 24.5 Å². The summed E-state index contributed by atoms with van der Waals surface area (Å²) >= 11 is 0. The molecule has 100 valence electrons. The molecular formula is C14H16N2O3. The highest BCUT2D eigenvalue weighted by Crippen LogP contribution is 2.19. The number of carbonyl (C=O) groups is 1. The van der Waals surface area contributed by atoms with Crippen molar-refractivity contribution in [2.75, 3.05) is 13.2 Å². The molecule has 5 nitrogen and oxygen atoms in total. The fourth-order valence-corrected chi connectivity index (χ4v) is 2.19. The Morgan fingerprint density at radius 3 is 3.11 bits per heavy atom. The molecule has 1 fully saturated rings. The van der Waals surface area contributed by atoms with E-state index in [-0.39, 0.29) is 12.1 Å². The molecule has 0 spiro atoms. The summed E-state index contributed by atoms with van der Waals surface area (Å²) in [6.07, 6.45) is 3.14. The van der Waals surface area contributed by atoms with E-state index in [1.54, 1.807) is 19.3 Å². The van der Waals surface area contributed by atoms with Crippen molar-refractivity contribution in [2.45, 2.75) is 26.0 Å². The third-order valence-electron chi connectivity index (χ3n) is 3.33. The molecule has 1 aliphatic rings. The van der Waals surface area contributed by atoms with E-state index in [1.807, 2.05) is 16.7 Å². The van der Waals surface area contributed by atoms with Crippen LogP contribution in [0.5, 0.6) is 0 Å². The summed E-state index contributed by atoms with van der Waals surface area (Å²) in [5.41, 5.74) is 2.39. The first-order valence-corrected chi connectivity index (χ1v) is 6.51. The Hall–Kier alpha value is -1.88. The van der Waals surface area contributed by atoms with E-state index in [9.17, 15) is 4.79 Å². The molecule has 1 unspecified atom stereocenters. The number of carbonyl (C=O) groups excluding carboxylic acids is 1. The number of benzene rings is 1. The molecule has 0 aliphatic carbocycles. The van der Waals surface area contributed by atoms with Gasteiger partial charge in [0.15, 0.2) is 0 Å². The quantitative estimate of drug-likeness (QED) is 0.789. The zero-order chi connectivity index (χ0) is 13.2. The van der Waals surface area contributed by atoms with Crippen molar-refractivity contribution in [3.05, 3.63) is 30.1 Å². The molecule has 2 aromatic rings. The molecule has 1 atom stereocenters. The average molecular weight is 260 g/mol. The van der Waals surface area contributed by atoms with Gasteiger partial charge in [-0.3, -0.25) is 0 Å². The van der Waals surface area contributed by atoms with Gasteiger partial charge in [0.05, 0.1) is 42.2 Å². The van der Waals surface area contributed by atoms with Gasteiger partial charge in [0.1, 0.15) is 0 Å². The van der Waals surface area contributed by atoms with E-state index in [2.05, 4.69) is 4.98 Å². The van der Waals surface area contributed by atoms with Crippen LogP contribution in [0.2, 0.25) is 0 Å². The minimum absolute atomic E-state index is 0.267. The lowest BCUT2D eigenvalue weighted by Crippen LogP contribution is -2.30. The molecule has 5 heteroatoms. The van der Waals surface area contributed by atoms with Gasteiger partial charge in [-0.1, -0.05) is 0 Å². The predicted molar refractivity (Wildman–Crippen MR) is 70.0 cm³/mol. The fourth-order valence-electron chi connectivity index (χ4n) is 2.19. The third-order valence-corrected chi connectivity index (χ3v) is 3.33. The van der Waals surface area contributed by atoms with Crippen molar-refractivity contribution in [2.24, 2.45) is 0 Å². The van der Waals surface area contributed by atoms with Crippen LogP contribution in [0.1, 0.15) is 23.7 Å². The number of fused-ring (bicyclic) bond motifs is 1. The molecule has 19 heavy (non-hydrogen) atoms. The molecule has 0 bridgehead atoms. The maximum absolute atomic E-state index is 11.7. The second kappa shape index (κ2) is 5.01. The Bertz CT molecular complexity index is 602. The normalized spacial score (nSPS) is 18.3. The summed E-state index contributed by atoms with van der Waals surface area (Å²) in [6, 6.07) is 5.43. The fraction of sp³-hybridized carbons (Fsp3) is 0.429. The second-order valence-corrected chi connectivity index (χ2v) is 4.60. The van der Waals surface area contributed by atoms with Crippen LogP contribution in [-0.2, 0) is 16.0 Å². The number of esters is 1. The summed E-state index contributed by atoms with van der Waals surface area (Å²) in [4.78, 5) is 16.1. The van der Waals surface area contributed by atoms with Gasteiger partial charge >= 0.3 is 5.97 Å². The van der Waals surface area contributed by atoms with Crippen molar-refractivity contribution in [3.63, 3.8) is 0 Å². The monoisotopic (exact) mass is 260 g/mol. The average Bonchev–Trinajstić information content (AvgIpc) is 2.76. The summed E-state index contributed by atoms with van der Waals surface area (Å²) < 4.78 is 12.5. The Morgan fingerprint density at radius 1 is 1.58 bits per heavy atom. The summed E-state index contributed by atoms with van der Waals surface area (Å²) in [6.45, 7) is 3.80. The molecule has 1 aromatic heterocycles. The Morgan fingerprint density at radius 2 is 2.42 bits per heavy atom. The van der Waals surface area contributed by atoms with Crippen molar-refractivity contribution < 1.29 is 14.3 Å². The van der Waals surface area contributed by atoms with Gasteiger partial charge in [0.25, 0.3) is 0 Å². The molecule has 1 saturated heterocycles. The van der Waals surface area contributed by atoms with Gasteiger partial charge in [-0.15, -0.1) is 0 Å². The molecule has 1 aliphatic heterocycles. The first kappa shape index (κ1) is 12.2. The van der Waals surface area contributed by atoms with Gasteiger partial charge in [-0.25, -0.2) is 9.78 Å². The van der Waals surface area contributed by atoms with Crippen LogP contribution in [0.3, 0.4) is 0 Å². The summed E-state index contributed by atoms with van der Waals surface area (Å²) in [5.74, 6) is -0.294. The van der Waals surface area contributed by atoms with E-state index in [1.165, 1.54) is 0 Å². The number of rotatable bonds is 4. The smallest absolute Gasteiger partial charge is 0.338 e. The summed E-state index contributed by atoms with van der Waals surface area (Å²) in [7, 11) is 0. The third kappa shape index (κ3) is 2.33. The van der Waals surface area contributed by atoms with Crippen LogP contribution in [0, 0.1) is 0 Å². The lowest BCUT2D eigenvalue weighted by Gasteiger charge is -2.26. The van der Waals surface area contributed by atoms with Crippen molar-refractivity contribution in [1.29, 1.82) is 0 Å². The van der Waals surface area contributed by atoms with E-state index in [0.29, 0.717) is 12.2 Å². The molecular weight excluding hydrogens is 244 g/mol. The standard InChI is InChI=1S/C14H16N2O3/c1-2-18-14(17)10-3-4-12-13(7-10)16(9-15-12)8-11-5-6-19-11/h3-4,7,9,11H,2,5-6,8H2,1H3. The highest BCUT2D eigenvalue weighted by atomic mass is 16.5. The lowest BCUT2D eigenvalue weighted by molar-refractivity contribution is -0.0586. The lowest BCUT2D eigenvalue weighted by atomic mass is 10.1. The van der Waals surface area contributed by atoms with Gasteiger partial charge in [-0.05, 0) is 31.5 Å². The van der Waals surface area contributed by atoms with Gasteiger partial charge < -0.3 is 14.0 Å². The molecule has 1 aromatic carbocycles. The number of nitrogens with zero attached hydrogens (tertiary/aromatic N) is 2. The highest BCUT2D eigenvalue weighted by Gasteiger charge is 2.19. The van der Waals surface area contributed by atoms with Gasteiger partial charge in [-0.2, -0.15) is 0 Å². The zero-order valence-corrected chi connectivity index (χ0v) is 10.8. The second-order valence-electron chi connectivity index (χ2n) is 4.60. The first-order chi connectivity index (χ1) is 9.28. The van der Waals surface area contributed by atoms with Crippen molar-refractivity contribution in [1.82, 2.24) is 9.55 Å². The van der Waals surface area contributed by atoms with Crippen LogP contribution < -0.4 is 0 Å². The topological polar surface area (TPSA) is 53.3 Å². The van der Waals surface area contributed by atoms with Crippen LogP contribution >= 0.6 is 0 Å². The van der Waals surface area contributed by atoms with Gasteiger partial charge in [0, 0.05) is 6.61 Å². The number of hydrogen-bond donors (Lipinski definition) is 0. The van der Waals surface area contributed by atoms with Crippen molar-refractivity contribution in [3.8, 4) is 0 Å². The van der Waals surface area contributed by atoms with E-state index >= 15 is 0 Å². The number of aromatic nitrogens is 2. The minimum atomic E-state index is -0.294. The zero-order valence-electron chi connectivity index (χ0n) is 10.8. The highest BCUT2D eigenvalue weighted by molar-refractivity contribution is 5.93. The first-order valence-electron chi connectivity index (χ1n) is 6.51. The molecule has 0 saturated carbocycles. The van der Waals surface area contributed by atoms with Crippen LogP contribution in [0.4, 0.5) is 0 Å². The minimum Gasteiger partial charge on any atom is -0.462 e. The van der Waals surface area contributed by atoms with Gasteiger partial charge in [0.2, 0.25) is 0 Å². The number of imidazole rings is 1. The van der Waals surface area contributed by atoms with E-state index in [4.69, 9.17) is 9.47 Å². The Balaban J connectivity index is 1.90. The molecule has 0 radical (unpaired) electrons. The largest absolute Gasteiger partial charge is 0.462 e. The molecule has 0 amide bonds. The molecule has 3 rings (SSSR count). The SMILES string of the molecule is CCOC(=O)c1ccc2ncn(CC3CCO3)c2c1. The maximum atomic E-state index is 11.7. The van der Waals surface area contributed by atoms with Crippen LogP contribution in [0.25, 0.3) is 11.0 Å². The van der Waals surface area contributed by atoms with E-state index < -0.39 is 0 Å². The number of hydrogen-bond acceptors (Lipinski definition) is 4. The Kier molecular flexibility index (Phi) is 3.21. The van der Waals surface area contributed by atoms with Crippen LogP contribution in [-0.4, -0.2) is 34.8 Å². The van der Waals surface area contributed by atoms with Crippen molar-refractivity contribution >= 4 is 17.0 Å². The summed E-state index contributed by atoms with van der Waals surface area (Å²) in [5, 5.41) is 0. The maximum Gasteiger partial charge on any atom is 0.338 e. The predicted octanol–water partition coefficient (Wildman–Crippen LogP) is 2.00. The Labute approximate surface area is 111 Å².